The van der Waals surface area contributed by atoms with Crippen molar-refractivity contribution in [1.29, 1.82) is 5.26 Å². The molecule has 5 nitrogen and oxygen atoms in total. The molecule has 0 aliphatic heterocycles. The Hall–Kier alpha value is -1.06. The highest BCUT2D eigenvalue weighted by Crippen LogP contribution is 2.10. The summed E-state index contributed by atoms with van der Waals surface area (Å²) < 4.78 is 0. The predicted molar refractivity (Wildman–Crippen MR) is 40.7 cm³/mol. The molecule has 6 heteroatoms. The molecule has 0 spiro atoms. The van der Waals surface area contributed by atoms with Gasteiger partial charge in [-0.3, -0.25) is 5.10 Å². The maximum Gasteiger partial charge on any atom is 0.183 e. The van der Waals surface area contributed by atoms with Crippen molar-refractivity contribution in [2.75, 3.05) is 5.75 Å². The Morgan fingerprint density at radius 3 is 3.27 bits per heavy atom. The van der Waals surface area contributed by atoms with Crippen LogP contribution in [0.3, 0.4) is 0 Å². The molecule has 0 fully saturated rings. The third-order valence-electron chi connectivity index (χ3n) is 0.958. The largest absolute Gasteiger partial charge is 0.315 e. The molecule has 0 radical (unpaired) electrons. The van der Waals surface area contributed by atoms with Crippen LogP contribution in [0.5, 0.6) is 0 Å². The summed E-state index contributed by atoms with van der Waals surface area (Å²) in [6, 6.07) is 1.48. The van der Waals surface area contributed by atoms with Gasteiger partial charge in [-0.1, -0.05) is 11.8 Å². The molecule has 58 valence electrons. The Morgan fingerprint density at radius 2 is 2.73 bits per heavy atom. The Balaban J connectivity index is 2.30. The lowest BCUT2D eigenvalue weighted by molar-refractivity contribution is 0.933. The van der Waals surface area contributed by atoms with Gasteiger partial charge in [0.25, 0.3) is 0 Å². The van der Waals surface area contributed by atoms with E-state index in [2.05, 4.69) is 15.2 Å². The first-order valence-electron chi connectivity index (χ1n) is 2.96. The standard InChI is InChI=1S/C5H7N5S/c6-1-4(7)2-11-5-8-3-9-10-5/h3-4H,2,7H2,(H,8,9,10). The highest BCUT2D eigenvalue weighted by molar-refractivity contribution is 7.99. The first-order valence-corrected chi connectivity index (χ1v) is 3.95. The van der Waals surface area contributed by atoms with Gasteiger partial charge in [-0.25, -0.2) is 4.98 Å². The summed E-state index contributed by atoms with van der Waals surface area (Å²) in [4.78, 5) is 3.85. The fraction of sp³-hybridized carbons (Fsp3) is 0.400. The second-order valence-electron chi connectivity index (χ2n) is 1.84. The van der Waals surface area contributed by atoms with Crippen LogP contribution in [0.15, 0.2) is 11.5 Å². The van der Waals surface area contributed by atoms with E-state index in [0.717, 1.165) is 0 Å². The Morgan fingerprint density at radius 1 is 1.91 bits per heavy atom. The van der Waals surface area contributed by atoms with Gasteiger partial charge in [0.1, 0.15) is 12.4 Å². The predicted octanol–water partition coefficient (Wildman–Crippen LogP) is -0.252. The zero-order valence-corrected chi connectivity index (χ0v) is 6.51. The van der Waals surface area contributed by atoms with Crippen LogP contribution >= 0.6 is 11.8 Å². The number of aromatic amines is 1. The van der Waals surface area contributed by atoms with Crippen LogP contribution < -0.4 is 5.73 Å². The fourth-order valence-electron chi connectivity index (χ4n) is 0.470. The van der Waals surface area contributed by atoms with E-state index in [1.165, 1.54) is 18.1 Å². The fourth-order valence-corrected chi connectivity index (χ4v) is 1.12. The smallest absolute Gasteiger partial charge is 0.183 e. The lowest BCUT2D eigenvalue weighted by Gasteiger charge is -1.97. The summed E-state index contributed by atoms with van der Waals surface area (Å²) in [5.41, 5.74) is 5.35. The third kappa shape index (κ3) is 2.57. The molecule has 0 amide bonds. The number of thioether (sulfide) groups is 1. The normalized spacial score (nSPS) is 12.4. The molecule has 0 bridgehead atoms. The van der Waals surface area contributed by atoms with Crippen LogP contribution in [-0.2, 0) is 0 Å². The first kappa shape index (κ1) is 8.04. The van der Waals surface area contributed by atoms with Crippen LogP contribution in [0.2, 0.25) is 0 Å². The lowest BCUT2D eigenvalue weighted by atomic mass is 10.4. The highest BCUT2D eigenvalue weighted by Gasteiger charge is 2.02. The van der Waals surface area contributed by atoms with Gasteiger partial charge < -0.3 is 5.73 Å². The van der Waals surface area contributed by atoms with Gasteiger partial charge in [-0.2, -0.15) is 10.4 Å². The van der Waals surface area contributed by atoms with Gasteiger partial charge in [0.15, 0.2) is 5.16 Å². The van der Waals surface area contributed by atoms with Crippen LogP contribution in [-0.4, -0.2) is 27.0 Å². The summed E-state index contributed by atoms with van der Waals surface area (Å²) in [6.45, 7) is 0. The van der Waals surface area contributed by atoms with Crippen LogP contribution in [0.25, 0.3) is 0 Å². The van der Waals surface area contributed by atoms with Crippen molar-refractivity contribution in [2.24, 2.45) is 5.73 Å². The van der Waals surface area contributed by atoms with Crippen molar-refractivity contribution in [3.05, 3.63) is 6.33 Å². The molecule has 1 rings (SSSR count). The zero-order chi connectivity index (χ0) is 8.10. The van der Waals surface area contributed by atoms with Crippen molar-refractivity contribution >= 4 is 11.8 Å². The van der Waals surface area contributed by atoms with Gasteiger partial charge in [-0.15, -0.1) is 0 Å². The van der Waals surface area contributed by atoms with Gasteiger partial charge in [0, 0.05) is 5.75 Å². The maximum atomic E-state index is 8.33. The minimum Gasteiger partial charge on any atom is -0.315 e. The molecule has 0 aromatic carbocycles. The second kappa shape index (κ2) is 3.95. The number of nitrogens with zero attached hydrogens (tertiary/aromatic N) is 3. The summed E-state index contributed by atoms with van der Waals surface area (Å²) >= 11 is 1.38. The Kier molecular flexibility index (Phi) is 2.89. The van der Waals surface area contributed by atoms with E-state index in [4.69, 9.17) is 11.0 Å². The van der Waals surface area contributed by atoms with Gasteiger partial charge in [0.2, 0.25) is 0 Å². The molecule has 3 N–H and O–H groups in total. The SMILES string of the molecule is N#CC(N)CSc1ncn[nH]1. The van der Waals surface area contributed by atoms with Gasteiger partial charge in [-0.05, 0) is 0 Å². The third-order valence-corrected chi connectivity index (χ3v) is 1.95. The molecule has 1 heterocycles. The number of H-pyrrole nitrogens is 1. The number of nitriles is 1. The number of nitrogens with one attached hydrogen (secondary N) is 1. The number of hydrogen-bond acceptors (Lipinski definition) is 5. The van der Waals surface area contributed by atoms with Crippen LogP contribution in [0, 0.1) is 11.3 Å². The monoisotopic (exact) mass is 169 g/mol. The molecule has 1 aromatic rings. The molecular weight excluding hydrogens is 162 g/mol. The highest BCUT2D eigenvalue weighted by atomic mass is 32.2. The summed E-state index contributed by atoms with van der Waals surface area (Å²) in [6.07, 6.45) is 1.42. The van der Waals surface area contributed by atoms with Crippen LogP contribution in [0.4, 0.5) is 0 Å². The minimum atomic E-state index is -0.440. The number of aromatic nitrogens is 3. The number of hydrogen-bond donors (Lipinski definition) is 2. The van der Waals surface area contributed by atoms with Crippen molar-refractivity contribution in [3.8, 4) is 6.07 Å². The molecule has 1 unspecified atom stereocenters. The number of rotatable bonds is 3. The van der Waals surface area contributed by atoms with E-state index in [9.17, 15) is 0 Å². The Bertz CT molecular complexity index is 238. The second-order valence-corrected chi connectivity index (χ2v) is 2.85. The topological polar surface area (TPSA) is 91.4 Å². The molecule has 0 aliphatic rings. The van der Waals surface area contributed by atoms with Gasteiger partial charge >= 0.3 is 0 Å². The van der Waals surface area contributed by atoms with E-state index >= 15 is 0 Å². The Labute approximate surface area is 68.0 Å². The van der Waals surface area contributed by atoms with E-state index in [1.807, 2.05) is 6.07 Å². The van der Waals surface area contributed by atoms with E-state index in [1.54, 1.807) is 0 Å². The van der Waals surface area contributed by atoms with Crippen molar-refractivity contribution < 1.29 is 0 Å². The summed E-state index contributed by atoms with van der Waals surface area (Å²) in [5, 5.41) is 15.3. The summed E-state index contributed by atoms with van der Waals surface area (Å²) in [7, 11) is 0. The van der Waals surface area contributed by atoms with Gasteiger partial charge in [0.05, 0.1) is 6.07 Å². The van der Waals surface area contributed by atoms with Crippen molar-refractivity contribution in [2.45, 2.75) is 11.2 Å². The average Bonchev–Trinajstić information content (AvgIpc) is 2.52. The molecule has 11 heavy (non-hydrogen) atoms. The molecule has 0 saturated heterocycles. The average molecular weight is 169 g/mol. The molecule has 0 saturated carbocycles. The zero-order valence-electron chi connectivity index (χ0n) is 5.69. The van der Waals surface area contributed by atoms with Crippen molar-refractivity contribution in [1.82, 2.24) is 15.2 Å². The van der Waals surface area contributed by atoms with E-state index in [-0.39, 0.29) is 0 Å². The quantitative estimate of drug-likeness (QED) is 0.609. The van der Waals surface area contributed by atoms with E-state index < -0.39 is 6.04 Å². The van der Waals surface area contributed by atoms with Crippen molar-refractivity contribution in [3.63, 3.8) is 0 Å². The van der Waals surface area contributed by atoms with Crippen LogP contribution in [0.1, 0.15) is 0 Å². The minimum absolute atomic E-state index is 0.440. The maximum absolute atomic E-state index is 8.33. The molecule has 0 aliphatic carbocycles. The molecular formula is C5H7N5S. The number of nitrogens with two attached hydrogens (primary N) is 1. The molecule has 1 atom stereocenters. The molecule has 1 aromatic heterocycles. The summed E-state index contributed by atoms with van der Waals surface area (Å²) in [5.74, 6) is 0.533. The first-order chi connectivity index (χ1) is 5.33. The van der Waals surface area contributed by atoms with E-state index in [0.29, 0.717) is 10.9 Å². The lowest BCUT2D eigenvalue weighted by Crippen LogP contribution is -2.19.